The molecule has 12 heavy (non-hydrogen) atoms. The molecule has 0 saturated carbocycles. The molecule has 1 aliphatic rings. The van der Waals surface area contributed by atoms with Gasteiger partial charge >= 0.3 is 5.97 Å². The van der Waals surface area contributed by atoms with E-state index in [0.29, 0.717) is 19.3 Å². The third-order valence-electron chi connectivity index (χ3n) is 2.35. The summed E-state index contributed by atoms with van der Waals surface area (Å²) < 4.78 is 0. The molecular formula is C9H13NO2. The predicted octanol–water partition coefficient (Wildman–Crippen LogP) is 0.607. The van der Waals surface area contributed by atoms with E-state index in [1.54, 1.807) is 0 Å². The van der Waals surface area contributed by atoms with Gasteiger partial charge in [0.05, 0.1) is 0 Å². The van der Waals surface area contributed by atoms with E-state index in [9.17, 15) is 4.79 Å². The van der Waals surface area contributed by atoms with Crippen LogP contribution in [0.5, 0.6) is 0 Å². The number of carboxylic acids is 1. The normalized spacial score (nSPS) is 28.2. The highest BCUT2D eigenvalue weighted by Crippen LogP contribution is 2.24. The lowest BCUT2D eigenvalue weighted by molar-refractivity contribution is -0.144. The summed E-state index contributed by atoms with van der Waals surface area (Å²) in [6, 6.07) is 0. The van der Waals surface area contributed by atoms with Gasteiger partial charge in [-0.3, -0.25) is 4.79 Å². The number of nitrogens with one attached hydrogen (secondary N) is 1. The van der Waals surface area contributed by atoms with E-state index in [0.717, 1.165) is 13.0 Å². The number of aliphatic carboxylic acids is 1. The largest absolute Gasteiger partial charge is 0.480 e. The second-order valence-corrected chi connectivity index (χ2v) is 3.12. The van der Waals surface area contributed by atoms with Crippen molar-refractivity contribution in [3.05, 3.63) is 0 Å². The average molecular weight is 167 g/mol. The minimum absolute atomic E-state index is 0.527. The Morgan fingerprint density at radius 1 is 1.75 bits per heavy atom. The third-order valence-corrected chi connectivity index (χ3v) is 2.35. The lowest BCUT2D eigenvalue weighted by atomic mass is 9.92. The Morgan fingerprint density at radius 2 is 2.50 bits per heavy atom. The van der Waals surface area contributed by atoms with Crippen molar-refractivity contribution in [1.29, 1.82) is 0 Å². The van der Waals surface area contributed by atoms with E-state index in [2.05, 4.69) is 11.2 Å². The van der Waals surface area contributed by atoms with Crippen LogP contribution in [-0.2, 0) is 4.79 Å². The Hall–Kier alpha value is -1.01. The van der Waals surface area contributed by atoms with Crippen LogP contribution in [0.4, 0.5) is 0 Å². The molecule has 1 heterocycles. The SMILES string of the molecule is C#CCCC1(C(=O)O)CCCN1. The minimum atomic E-state index is -0.768. The van der Waals surface area contributed by atoms with E-state index < -0.39 is 11.5 Å². The van der Waals surface area contributed by atoms with Gasteiger partial charge in [0.1, 0.15) is 5.54 Å². The lowest BCUT2D eigenvalue weighted by Gasteiger charge is -2.22. The van der Waals surface area contributed by atoms with E-state index in [-0.39, 0.29) is 0 Å². The van der Waals surface area contributed by atoms with Gasteiger partial charge in [-0.05, 0) is 25.8 Å². The average Bonchev–Trinajstić information content (AvgIpc) is 2.50. The van der Waals surface area contributed by atoms with Gasteiger partial charge in [-0.15, -0.1) is 12.3 Å². The van der Waals surface area contributed by atoms with Crippen LogP contribution in [0.3, 0.4) is 0 Å². The van der Waals surface area contributed by atoms with E-state index >= 15 is 0 Å². The van der Waals surface area contributed by atoms with Gasteiger partial charge < -0.3 is 10.4 Å². The molecule has 0 aliphatic carbocycles. The maximum Gasteiger partial charge on any atom is 0.323 e. The summed E-state index contributed by atoms with van der Waals surface area (Å²) in [5.74, 6) is 1.70. The van der Waals surface area contributed by atoms with Crippen molar-refractivity contribution >= 4 is 5.97 Å². The highest BCUT2D eigenvalue weighted by molar-refractivity contribution is 5.79. The molecule has 1 aliphatic heterocycles. The Labute approximate surface area is 72.2 Å². The molecule has 0 aromatic heterocycles. The molecule has 1 unspecified atom stereocenters. The molecule has 66 valence electrons. The molecule has 1 fully saturated rings. The summed E-state index contributed by atoms with van der Waals surface area (Å²) in [4.78, 5) is 10.9. The molecular weight excluding hydrogens is 154 g/mol. The van der Waals surface area contributed by atoms with Crippen LogP contribution in [0.25, 0.3) is 0 Å². The number of hydrogen-bond acceptors (Lipinski definition) is 2. The van der Waals surface area contributed by atoms with Crippen LogP contribution in [0.1, 0.15) is 25.7 Å². The van der Waals surface area contributed by atoms with Gasteiger partial charge in [0.2, 0.25) is 0 Å². The number of carbonyl (C=O) groups is 1. The second kappa shape index (κ2) is 3.59. The van der Waals surface area contributed by atoms with Gasteiger partial charge in [-0.1, -0.05) is 0 Å². The van der Waals surface area contributed by atoms with Crippen LogP contribution < -0.4 is 5.32 Å². The van der Waals surface area contributed by atoms with E-state index in [4.69, 9.17) is 11.5 Å². The molecule has 1 saturated heterocycles. The monoisotopic (exact) mass is 167 g/mol. The Morgan fingerprint density at radius 3 is 2.92 bits per heavy atom. The first kappa shape index (κ1) is 9.08. The summed E-state index contributed by atoms with van der Waals surface area (Å²) >= 11 is 0. The first-order valence-electron chi connectivity index (χ1n) is 4.13. The molecule has 3 nitrogen and oxygen atoms in total. The Bertz CT molecular complexity index is 211. The maximum absolute atomic E-state index is 10.9. The van der Waals surface area contributed by atoms with Crippen molar-refractivity contribution in [2.24, 2.45) is 0 Å². The van der Waals surface area contributed by atoms with Crippen molar-refractivity contribution in [2.45, 2.75) is 31.2 Å². The summed E-state index contributed by atoms with van der Waals surface area (Å²) in [7, 11) is 0. The molecule has 2 N–H and O–H groups in total. The summed E-state index contributed by atoms with van der Waals surface area (Å²) in [5.41, 5.74) is -0.730. The van der Waals surface area contributed by atoms with Crippen LogP contribution in [0.2, 0.25) is 0 Å². The van der Waals surface area contributed by atoms with E-state index in [1.807, 2.05) is 0 Å². The van der Waals surface area contributed by atoms with Crippen molar-refractivity contribution in [1.82, 2.24) is 5.32 Å². The van der Waals surface area contributed by atoms with Gasteiger partial charge in [0.25, 0.3) is 0 Å². The fourth-order valence-corrected chi connectivity index (χ4v) is 1.59. The van der Waals surface area contributed by atoms with Crippen molar-refractivity contribution in [2.75, 3.05) is 6.54 Å². The van der Waals surface area contributed by atoms with Crippen molar-refractivity contribution < 1.29 is 9.90 Å². The molecule has 0 amide bonds. The topological polar surface area (TPSA) is 49.3 Å². The zero-order valence-electron chi connectivity index (χ0n) is 6.97. The molecule has 0 spiro atoms. The standard InChI is InChI=1S/C9H13NO2/c1-2-3-5-9(8(11)12)6-4-7-10-9/h1,10H,3-7H2,(H,11,12). The molecule has 3 heteroatoms. The molecule has 1 rings (SSSR count). The highest BCUT2D eigenvalue weighted by atomic mass is 16.4. The lowest BCUT2D eigenvalue weighted by Crippen LogP contribution is -2.47. The van der Waals surface area contributed by atoms with Crippen molar-refractivity contribution in [3.63, 3.8) is 0 Å². The quantitative estimate of drug-likeness (QED) is 0.605. The first-order chi connectivity index (χ1) is 5.71. The predicted molar refractivity (Wildman–Crippen MR) is 45.7 cm³/mol. The zero-order valence-corrected chi connectivity index (χ0v) is 6.97. The van der Waals surface area contributed by atoms with Gasteiger partial charge in [-0.2, -0.15) is 0 Å². The summed E-state index contributed by atoms with van der Waals surface area (Å²) in [5, 5.41) is 12.0. The molecule has 0 radical (unpaired) electrons. The fourth-order valence-electron chi connectivity index (χ4n) is 1.59. The smallest absolute Gasteiger partial charge is 0.323 e. The van der Waals surface area contributed by atoms with Gasteiger partial charge in [0.15, 0.2) is 0 Å². The summed E-state index contributed by atoms with van der Waals surface area (Å²) in [6.07, 6.45) is 7.79. The number of hydrogen-bond donors (Lipinski definition) is 2. The molecule has 1 atom stereocenters. The van der Waals surface area contributed by atoms with E-state index in [1.165, 1.54) is 0 Å². The number of carboxylic acid groups (broad SMARTS) is 1. The van der Waals surface area contributed by atoms with Crippen LogP contribution in [-0.4, -0.2) is 23.2 Å². The zero-order chi connectivity index (χ0) is 9.03. The van der Waals surface area contributed by atoms with Crippen LogP contribution >= 0.6 is 0 Å². The maximum atomic E-state index is 10.9. The second-order valence-electron chi connectivity index (χ2n) is 3.12. The highest BCUT2D eigenvalue weighted by Gasteiger charge is 2.40. The molecule has 0 aromatic carbocycles. The van der Waals surface area contributed by atoms with Crippen LogP contribution in [0.15, 0.2) is 0 Å². The Balaban J connectivity index is 2.60. The van der Waals surface area contributed by atoms with Gasteiger partial charge in [0, 0.05) is 6.42 Å². The summed E-state index contributed by atoms with van der Waals surface area (Å²) in [6.45, 7) is 0.789. The number of rotatable bonds is 3. The third kappa shape index (κ3) is 1.59. The molecule has 0 aromatic rings. The van der Waals surface area contributed by atoms with Gasteiger partial charge in [-0.25, -0.2) is 0 Å². The molecule has 0 bridgehead atoms. The van der Waals surface area contributed by atoms with Crippen LogP contribution in [0, 0.1) is 12.3 Å². The Kier molecular flexibility index (Phi) is 2.72. The number of terminal acetylenes is 1. The minimum Gasteiger partial charge on any atom is -0.480 e. The first-order valence-corrected chi connectivity index (χ1v) is 4.13. The fraction of sp³-hybridized carbons (Fsp3) is 0.667. The van der Waals surface area contributed by atoms with Crippen molar-refractivity contribution in [3.8, 4) is 12.3 Å².